The van der Waals surface area contributed by atoms with Gasteiger partial charge in [0.15, 0.2) is 6.61 Å². The molecule has 0 radical (unpaired) electrons. The number of amides is 1. The van der Waals surface area contributed by atoms with E-state index in [0.29, 0.717) is 11.3 Å². The molecule has 0 aliphatic carbocycles. The van der Waals surface area contributed by atoms with Gasteiger partial charge in [-0.05, 0) is 48.9 Å². The Morgan fingerprint density at radius 3 is 2.78 bits per heavy atom. The molecule has 2 aromatic rings. The van der Waals surface area contributed by atoms with E-state index in [0.717, 1.165) is 6.42 Å². The van der Waals surface area contributed by atoms with E-state index in [1.54, 1.807) is 24.3 Å². The second kappa shape index (κ2) is 6.99. The van der Waals surface area contributed by atoms with E-state index < -0.39 is 5.97 Å². The van der Waals surface area contributed by atoms with Crippen molar-refractivity contribution in [2.24, 2.45) is 0 Å². The number of aromatic nitrogens is 4. The van der Waals surface area contributed by atoms with Gasteiger partial charge in [-0.2, -0.15) is 0 Å². The Labute approximate surface area is 133 Å². The van der Waals surface area contributed by atoms with Crippen LogP contribution in [0.4, 0.5) is 0 Å². The normalized spacial score (nSPS) is 11.1. The summed E-state index contributed by atoms with van der Waals surface area (Å²) < 4.78 is 6.46. The summed E-state index contributed by atoms with van der Waals surface area (Å²) in [6, 6.07) is 6.63. The van der Waals surface area contributed by atoms with Gasteiger partial charge in [0.1, 0.15) is 6.33 Å². The highest BCUT2D eigenvalue weighted by Gasteiger charge is 2.19. The third-order valence-corrected chi connectivity index (χ3v) is 3.39. The van der Waals surface area contributed by atoms with Crippen LogP contribution in [0, 0.1) is 0 Å². The van der Waals surface area contributed by atoms with Crippen molar-refractivity contribution in [3.8, 4) is 5.69 Å². The number of carbonyl (C=O) groups excluding carboxylic acids is 2. The maximum Gasteiger partial charge on any atom is 0.338 e. The molecule has 0 spiro atoms. The molecule has 23 heavy (non-hydrogen) atoms. The maximum absolute atomic E-state index is 12.0. The van der Waals surface area contributed by atoms with Crippen molar-refractivity contribution in [3.05, 3.63) is 36.2 Å². The van der Waals surface area contributed by atoms with Gasteiger partial charge in [0.05, 0.1) is 11.3 Å². The van der Waals surface area contributed by atoms with Crippen molar-refractivity contribution in [3.63, 3.8) is 0 Å². The number of tetrazole rings is 1. The van der Waals surface area contributed by atoms with Crippen LogP contribution < -0.4 is 5.32 Å². The molecule has 0 saturated heterocycles. The molecule has 0 bridgehead atoms. The highest BCUT2D eigenvalue weighted by atomic mass is 16.5. The van der Waals surface area contributed by atoms with E-state index in [2.05, 4.69) is 20.8 Å². The van der Waals surface area contributed by atoms with Crippen molar-refractivity contribution < 1.29 is 14.3 Å². The van der Waals surface area contributed by atoms with Crippen LogP contribution in [-0.2, 0) is 9.53 Å². The van der Waals surface area contributed by atoms with Gasteiger partial charge < -0.3 is 10.1 Å². The summed E-state index contributed by atoms with van der Waals surface area (Å²) in [4.78, 5) is 23.8. The Balaban J connectivity index is 1.96. The molecule has 8 nitrogen and oxygen atoms in total. The molecule has 0 unspecified atom stereocenters. The predicted molar refractivity (Wildman–Crippen MR) is 81.9 cm³/mol. The lowest BCUT2D eigenvalue weighted by Crippen LogP contribution is -2.44. The Hall–Kier alpha value is -2.77. The summed E-state index contributed by atoms with van der Waals surface area (Å²) in [6.45, 7) is 5.46. The highest BCUT2D eigenvalue weighted by molar-refractivity contribution is 5.91. The number of hydrogen-bond donors (Lipinski definition) is 1. The Morgan fingerprint density at radius 2 is 2.13 bits per heavy atom. The van der Waals surface area contributed by atoms with Crippen molar-refractivity contribution >= 4 is 11.9 Å². The van der Waals surface area contributed by atoms with Gasteiger partial charge in [0.2, 0.25) is 0 Å². The van der Waals surface area contributed by atoms with E-state index in [1.807, 2.05) is 20.8 Å². The van der Waals surface area contributed by atoms with Crippen LogP contribution >= 0.6 is 0 Å². The lowest BCUT2D eigenvalue weighted by molar-refractivity contribution is -0.125. The van der Waals surface area contributed by atoms with E-state index in [-0.39, 0.29) is 18.1 Å². The summed E-state index contributed by atoms with van der Waals surface area (Å²) in [7, 11) is 0. The molecule has 0 fully saturated rings. The molecule has 0 aliphatic heterocycles. The van der Waals surface area contributed by atoms with Crippen molar-refractivity contribution in [2.75, 3.05) is 6.61 Å². The smallest absolute Gasteiger partial charge is 0.338 e. The molecule has 0 aliphatic rings. The van der Waals surface area contributed by atoms with E-state index in [9.17, 15) is 9.59 Å². The predicted octanol–water partition coefficient (Wildman–Crippen LogP) is 1.12. The second-order valence-corrected chi connectivity index (χ2v) is 5.67. The average Bonchev–Trinajstić information content (AvgIpc) is 3.07. The number of esters is 1. The minimum absolute atomic E-state index is 0.320. The van der Waals surface area contributed by atoms with Crippen LogP contribution in [0.3, 0.4) is 0 Å². The second-order valence-electron chi connectivity index (χ2n) is 5.67. The molecule has 1 N–H and O–H groups in total. The zero-order valence-corrected chi connectivity index (χ0v) is 13.3. The van der Waals surface area contributed by atoms with Gasteiger partial charge in [-0.3, -0.25) is 4.79 Å². The molecular weight excluding hydrogens is 298 g/mol. The first-order valence-corrected chi connectivity index (χ1v) is 7.23. The zero-order chi connectivity index (χ0) is 16.9. The topological polar surface area (TPSA) is 99.0 Å². The fraction of sp³-hybridized carbons (Fsp3) is 0.400. The zero-order valence-electron chi connectivity index (χ0n) is 13.3. The number of benzene rings is 1. The molecule has 122 valence electrons. The van der Waals surface area contributed by atoms with Crippen molar-refractivity contribution in [2.45, 2.75) is 32.7 Å². The van der Waals surface area contributed by atoms with E-state index in [4.69, 9.17) is 4.74 Å². The number of ether oxygens (including phenoxy) is 1. The first-order valence-electron chi connectivity index (χ1n) is 7.23. The molecule has 2 rings (SSSR count). The van der Waals surface area contributed by atoms with E-state index in [1.165, 1.54) is 11.0 Å². The largest absolute Gasteiger partial charge is 0.452 e. The van der Waals surface area contributed by atoms with Crippen LogP contribution in [0.15, 0.2) is 30.6 Å². The molecule has 8 heteroatoms. The molecule has 1 aromatic carbocycles. The number of rotatable bonds is 6. The lowest BCUT2D eigenvalue weighted by atomic mass is 10.0. The molecule has 1 amide bonds. The minimum Gasteiger partial charge on any atom is -0.452 e. The molecular formula is C15H19N5O3. The summed E-state index contributed by atoms with van der Waals surface area (Å²) in [5.41, 5.74) is 0.616. The summed E-state index contributed by atoms with van der Waals surface area (Å²) in [5, 5.41) is 13.6. The molecule has 1 heterocycles. The highest BCUT2D eigenvalue weighted by Crippen LogP contribution is 2.10. The van der Waals surface area contributed by atoms with Crippen LogP contribution in [0.25, 0.3) is 5.69 Å². The molecule has 0 saturated carbocycles. The van der Waals surface area contributed by atoms with Gasteiger partial charge in [0, 0.05) is 5.54 Å². The average molecular weight is 317 g/mol. The van der Waals surface area contributed by atoms with Gasteiger partial charge in [-0.1, -0.05) is 13.0 Å². The fourth-order valence-corrected chi connectivity index (χ4v) is 1.77. The number of hydrogen-bond acceptors (Lipinski definition) is 6. The minimum atomic E-state index is -0.579. The lowest BCUT2D eigenvalue weighted by Gasteiger charge is -2.24. The molecule has 0 atom stereocenters. The van der Waals surface area contributed by atoms with E-state index >= 15 is 0 Å². The fourth-order valence-electron chi connectivity index (χ4n) is 1.77. The van der Waals surface area contributed by atoms with Crippen LogP contribution in [0.5, 0.6) is 0 Å². The summed E-state index contributed by atoms with van der Waals surface area (Å²) >= 11 is 0. The summed E-state index contributed by atoms with van der Waals surface area (Å²) in [6.07, 6.45) is 2.20. The SMILES string of the molecule is CCC(C)(C)NC(=O)COC(=O)c1cccc(-n2cnnn2)c1. The third-order valence-electron chi connectivity index (χ3n) is 3.39. The number of nitrogens with zero attached hydrogens (tertiary/aromatic N) is 4. The van der Waals surface area contributed by atoms with Crippen LogP contribution in [-0.4, -0.2) is 44.2 Å². The Kier molecular flexibility index (Phi) is 5.05. The first kappa shape index (κ1) is 16.6. The van der Waals surface area contributed by atoms with Gasteiger partial charge in [0.25, 0.3) is 5.91 Å². The van der Waals surface area contributed by atoms with Crippen molar-refractivity contribution in [1.29, 1.82) is 0 Å². The van der Waals surface area contributed by atoms with Crippen LogP contribution in [0.1, 0.15) is 37.6 Å². The Bertz CT molecular complexity index is 682. The van der Waals surface area contributed by atoms with Gasteiger partial charge in [-0.15, -0.1) is 5.10 Å². The Morgan fingerprint density at radius 1 is 1.35 bits per heavy atom. The first-order chi connectivity index (χ1) is 10.9. The molecule has 1 aromatic heterocycles. The maximum atomic E-state index is 12.0. The monoisotopic (exact) mass is 317 g/mol. The van der Waals surface area contributed by atoms with Gasteiger partial charge >= 0.3 is 5.97 Å². The van der Waals surface area contributed by atoms with Gasteiger partial charge in [-0.25, -0.2) is 9.48 Å². The number of carbonyl (C=O) groups is 2. The summed E-state index contributed by atoms with van der Waals surface area (Å²) in [5.74, 6) is -0.911. The standard InChI is InChI=1S/C15H19N5O3/c1-4-15(2,3)17-13(21)9-23-14(22)11-6-5-7-12(8-11)20-10-16-18-19-20/h5-8,10H,4,9H2,1-3H3,(H,17,21). The van der Waals surface area contributed by atoms with Crippen molar-refractivity contribution in [1.82, 2.24) is 25.5 Å². The van der Waals surface area contributed by atoms with Crippen LogP contribution in [0.2, 0.25) is 0 Å². The quantitative estimate of drug-likeness (QED) is 0.802. The number of nitrogens with one attached hydrogen (secondary N) is 1. The third kappa shape index (κ3) is 4.60.